The lowest BCUT2D eigenvalue weighted by Gasteiger charge is -2.20. The lowest BCUT2D eigenvalue weighted by atomic mass is 10.1. The van der Waals surface area contributed by atoms with Gasteiger partial charge >= 0.3 is 0 Å². The number of halogens is 1. The third-order valence-electron chi connectivity index (χ3n) is 3.33. The second kappa shape index (κ2) is 5.46. The van der Waals surface area contributed by atoms with Gasteiger partial charge in [0.2, 0.25) is 0 Å². The summed E-state index contributed by atoms with van der Waals surface area (Å²) in [6.45, 7) is 3.95. The minimum Gasteiger partial charge on any atom is -0.269 e. The lowest BCUT2D eigenvalue weighted by molar-refractivity contribution is 0.594. The standard InChI is InChI=1S/C15H16ClNO2S/c1-11-4-7-14(10-12(11)2)17(3)20(18,19)15-8-5-13(16)6-9-15/h4-10H,1-3H3. The fraction of sp³-hybridized carbons (Fsp3) is 0.200. The maximum atomic E-state index is 12.5. The van der Waals surface area contributed by atoms with Crippen molar-refractivity contribution in [3.63, 3.8) is 0 Å². The van der Waals surface area contributed by atoms with E-state index in [9.17, 15) is 8.42 Å². The van der Waals surface area contributed by atoms with Crippen LogP contribution in [0.25, 0.3) is 0 Å². The van der Waals surface area contributed by atoms with Crippen LogP contribution in [0.1, 0.15) is 11.1 Å². The molecule has 106 valence electrons. The summed E-state index contributed by atoms with van der Waals surface area (Å²) in [5.41, 5.74) is 2.83. The van der Waals surface area contributed by atoms with Crippen LogP contribution in [0.15, 0.2) is 47.4 Å². The van der Waals surface area contributed by atoms with E-state index in [1.807, 2.05) is 26.0 Å². The maximum absolute atomic E-state index is 12.5. The first kappa shape index (κ1) is 14.9. The summed E-state index contributed by atoms with van der Waals surface area (Å²) in [6.07, 6.45) is 0. The van der Waals surface area contributed by atoms with Crippen LogP contribution in [-0.4, -0.2) is 15.5 Å². The van der Waals surface area contributed by atoms with Crippen molar-refractivity contribution in [1.82, 2.24) is 0 Å². The molecule has 0 aromatic heterocycles. The Morgan fingerprint density at radius 1 is 0.950 bits per heavy atom. The van der Waals surface area contributed by atoms with Gasteiger partial charge in [-0.05, 0) is 61.4 Å². The summed E-state index contributed by atoms with van der Waals surface area (Å²) >= 11 is 5.79. The van der Waals surface area contributed by atoms with Crippen molar-refractivity contribution in [2.45, 2.75) is 18.7 Å². The number of benzene rings is 2. The molecule has 0 aliphatic rings. The number of anilines is 1. The molecule has 0 heterocycles. The third-order valence-corrected chi connectivity index (χ3v) is 5.38. The molecule has 0 bridgehead atoms. The molecule has 0 aliphatic carbocycles. The van der Waals surface area contributed by atoms with E-state index >= 15 is 0 Å². The van der Waals surface area contributed by atoms with Gasteiger partial charge in [0.25, 0.3) is 10.0 Å². The summed E-state index contributed by atoms with van der Waals surface area (Å²) in [7, 11) is -2.01. The molecule has 0 saturated carbocycles. The molecule has 3 nitrogen and oxygen atoms in total. The van der Waals surface area contributed by atoms with Gasteiger partial charge in [-0.2, -0.15) is 0 Å². The van der Waals surface area contributed by atoms with Crippen LogP contribution >= 0.6 is 11.6 Å². The summed E-state index contributed by atoms with van der Waals surface area (Å²) in [6, 6.07) is 11.7. The zero-order valence-corrected chi connectivity index (χ0v) is 13.2. The van der Waals surface area contributed by atoms with Crippen molar-refractivity contribution < 1.29 is 8.42 Å². The van der Waals surface area contributed by atoms with E-state index in [4.69, 9.17) is 11.6 Å². The summed E-state index contributed by atoms with van der Waals surface area (Å²) in [4.78, 5) is 0.225. The van der Waals surface area contributed by atoms with Crippen molar-refractivity contribution in [2.24, 2.45) is 0 Å². The van der Waals surface area contributed by atoms with Crippen molar-refractivity contribution in [2.75, 3.05) is 11.4 Å². The van der Waals surface area contributed by atoms with Gasteiger partial charge in [0.1, 0.15) is 0 Å². The van der Waals surface area contributed by atoms with Crippen molar-refractivity contribution in [3.8, 4) is 0 Å². The lowest BCUT2D eigenvalue weighted by Crippen LogP contribution is -2.26. The Hall–Kier alpha value is -1.52. The summed E-state index contributed by atoms with van der Waals surface area (Å²) < 4.78 is 26.3. The highest BCUT2D eigenvalue weighted by Crippen LogP contribution is 2.24. The zero-order chi connectivity index (χ0) is 14.9. The van der Waals surface area contributed by atoms with Gasteiger partial charge < -0.3 is 0 Å². The van der Waals surface area contributed by atoms with Gasteiger partial charge in [-0.1, -0.05) is 17.7 Å². The predicted octanol–water partition coefficient (Wildman–Crippen LogP) is 3.78. The number of hydrogen-bond acceptors (Lipinski definition) is 2. The topological polar surface area (TPSA) is 37.4 Å². The molecule has 0 amide bonds. The second-order valence-electron chi connectivity index (χ2n) is 4.70. The van der Waals surface area contributed by atoms with Crippen LogP contribution in [0.3, 0.4) is 0 Å². The summed E-state index contributed by atoms with van der Waals surface area (Å²) in [5, 5.41) is 0.512. The molecule has 0 fully saturated rings. The molecule has 20 heavy (non-hydrogen) atoms. The fourth-order valence-electron chi connectivity index (χ4n) is 1.82. The van der Waals surface area contributed by atoms with Gasteiger partial charge in [-0.3, -0.25) is 4.31 Å². The quantitative estimate of drug-likeness (QED) is 0.865. The molecule has 0 saturated heterocycles. The highest BCUT2D eigenvalue weighted by Gasteiger charge is 2.21. The monoisotopic (exact) mass is 309 g/mol. The molecule has 0 radical (unpaired) electrons. The molecule has 2 aromatic carbocycles. The van der Waals surface area contributed by atoms with E-state index in [2.05, 4.69) is 0 Å². The molecule has 0 unspecified atom stereocenters. The van der Waals surface area contributed by atoms with Gasteiger partial charge in [0.15, 0.2) is 0 Å². The number of rotatable bonds is 3. The molecular formula is C15H16ClNO2S. The minimum absolute atomic E-state index is 0.225. The van der Waals surface area contributed by atoms with Crippen LogP contribution in [0, 0.1) is 13.8 Å². The summed E-state index contributed by atoms with van der Waals surface area (Å²) in [5.74, 6) is 0. The normalized spacial score (nSPS) is 11.4. The molecule has 0 atom stereocenters. The average molecular weight is 310 g/mol. The van der Waals surface area contributed by atoms with Crippen LogP contribution < -0.4 is 4.31 Å². The van der Waals surface area contributed by atoms with Gasteiger partial charge in [-0.25, -0.2) is 8.42 Å². The average Bonchev–Trinajstić information content (AvgIpc) is 2.41. The Labute approximate surface area is 124 Å². The molecule has 0 N–H and O–H groups in total. The second-order valence-corrected chi connectivity index (χ2v) is 7.10. The van der Waals surface area contributed by atoms with E-state index in [0.717, 1.165) is 11.1 Å². The SMILES string of the molecule is Cc1ccc(N(C)S(=O)(=O)c2ccc(Cl)cc2)cc1C. The van der Waals surface area contributed by atoms with E-state index < -0.39 is 10.0 Å². The van der Waals surface area contributed by atoms with Gasteiger partial charge in [0.05, 0.1) is 10.6 Å². The molecular weight excluding hydrogens is 294 g/mol. The Morgan fingerprint density at radius 3 is 2.10 bits per heavy atom. The largest absolute Gasteiger partial charge is 0.269 e. The van der Waals surface area contributed by atoms with Crippen LogP contribution in [0.2, 0.25) is 5.02 Å². The first-order chi connectivity index (χ1) is 9.32. The molecule has 0 spiro atoms. The van der Waals surface area contributed by atoms with E-state index in [0.29, 0.717) is 10.7 Å². The Kier molecular flexibility index (Phi) is 4.06. The smallest absolute Gasteiger partial charge is 0.264 e. The number of hydrogen-bond donors (Lipinski definition) is 0. The first-order valence-corrected chi connectivity index (χ1v) is 7.96. The first-order valence-electron chi connectivity index (χ1n) is 6.14. The highest BCUT2D eigenvalue weighted by atomic mass is 35.5. The van der Waals surface area contributed by atoms with E-state index in [-0.39, 0.29) is 4.90 Å². The van der Waals surface area contributed by atoms with Crippen molar-refractivity contribution >= 4 is 27.3 Å². The van der Waals surface area contributed by atoms with E-state index in [1.165, 1.54) is 16.4 Å². The number of nitrogens with zero attached hydrogens (tertiary/aromatic N) is 1. The predicted molar refractivity (Wildman–Crippen MR) is 83.0 cm³/mol. The highest BCUT2D eigenvalue weighted by molar-refractivity contribution is 7.92. The Bertz CT molecular complexity index is 724. The number of aryl methyl sites for hydroxylation is 2. The van der Waals surface area contributed by atoms with Crippen molar-refractivity contribution in [1.29, 1.82) is 0 Å². The molecule has 2 rings (SSSR count). The van der Waals surface area contributed by atoms with Crippen LogP contribution in [0.4, 0.5) is 5.69 Å². The molecule has 2 aromatic rings. The molecule has 5 heteroatoms. The van der Waals surface area contributed by atoms with Crippen molar-refractivity contribution in [3.05, 3.63) is 58.6 Å². The maximum Gasteiger partial charge on any atom is 0.264 e. The van der Waals surface area contributed by atoms with Gasteiger partial charge in [0, 0.05) is 12.1 Å². The third kappa shape index (κ3) is 2.81. The molecule has 0 aliphatic heterocycles. The zero-order valence-electron chi connectivity index (χ0n) is 11.6. The fourth-order valence-corrected chi connectivity index (χ4v) is 3.14. The van der Waals surface area contributed by atoms with Crippen LogP contribution in [0.5, 0.6) is 0 Å². The van der Waals surface area contributed by atoms with Gasteiger partial charge in [-0.15, -0.1) is 0 Å². The van der Waals surface area contributed by atoms with E-state index in [1.54, 1.807) is 25.2 Å². The van der Waals surface area contributed by atoms with Crippen LogP contribution in [-0.2, 0) is 10.0 Å². The Morgan fingerprint density at radius 2 is 1.55 bits per heavy atom. The Balaban J connectivity index is 2.42. The number of sulfonamides is 1. The minimum atomic E-state index is -3.56.